The van der Waals surface area contributed by atoms with Crippen molar-refractivity contribution in [2.75, 3.05) is 11.1 Å². The van der Waals surface area contributed by atoms with Gasteiger partial charge in [-0.15, -0.1) is 11.3 Å². The van der Waals surface area contributed by atoms with Crippen molar-refractivity contribution in [1.29, 1.82) is 0 Å². The van der Waals surface area contributed by atoms with Crippen molar-refractivity contribution in [1.82, 2.24) is 0 Å². The number of hydrogen-bond acceptors (Lipinski definition) is 3. The molecule has 0 atom stereocenters. The zero-order chi connectivity index (χ0) is 14.1. The molecule has 3 rings (SSSR count). The van der Waals surface area contributed by atoms with Gasteiger partial charge in [-0.3, -0.25) is 4.79 Å². The third-order valence-electron chi connectivity index (χ3n) is 3.18. The highest BCUT2D eigenvalue weighted by Gasteiger charge is 2.13. The van der Waals surface area contributed by atoms with Crippen LogP contribution in [0.25, 0.3) is 10.1 Å². The standard InChI is InChI=1S/C16H14N2OS/c1-10-6-7-13(17)14(8-10)18-16(19)12-9-20-15-5-3-2-4-11(12)15/h2-9H,17H2,1H3,(H,18,19). The SMILES string of the molecule is Cc1ccc(N)c(NC(=O)c2csc3ccccc23)c1. The smallest absolute Gasteiger partial charge is 0.257 e. The van der Waals surface area contributed by atoms with Crippen molar-refractivity contribution >= 4 is 38.7 Å². The van der Waals surface area contributed by atoms with Crippen molar-refractivity contribution in [3.63, 3.8) is 0 Å². The summed E-state index contributed by atoms with van der Waals surface area (Å²) >= 11 is 1.57. The number of rotatable bonds is 2. The van der Waals surface area contributed by atoms with E-state index in [4.69, 9.17) is 5.73 Å². The summed E-state index contributed by atoms with van der Waals surface area (Å²) in [5, 5.41) is 5.74. The van der Waals surface area contributed by atoms with Gasteiger partial charge in [-0.1, -0.05) is 24.3 Å². The van der Waals surface area contributed by atoms with Crippen LogP contribution in [-0.4, -0.2) is 5.91 Å². The average Bonchev–Trinajstić information content (AvgIpc) is 2.87. The molecule has 0 spiro atoms. The molecule has 2 aromatic carbocycles. The van der Waals surface area contributed by atoms with Gasteiger partial charge in [-0.05, 0) is 30.7 Å². The fourth-order valence-corrected chi connectivity index (χ4v) is 3.06. The third kappa shape index (κ3) is 2.26. The highest BCUT2D eigenvalue weighted by Crippen LogP contribution is 2.27. The normalized spacial score (nSPS) is 10.7. The minimum absolute atomic E-state index is 0.125. The van der Waals surface area contributed by atoms with Gasteiger partial charge in [-0.2, -0.15) is 0 Å². The molecule has 1 heterocycles. The molecule has 3 N–H and O–H groups in total. The van der Waals surface area contributed by atoms with Gasteiger partial charge < -0.3 is 11.1 Å². The molecule has 1 aromatic heterocycles. The van der Waals surface area contributed by atoms with Crippen LogP contribution in [0.3, 0.4) is 0 Å². The number of carbonyl (C=O) groups excluding carboxylic acids is 1. The first-order chi connectivity index (χ1) is 9.65. The van der Waals surface area contributed by atoms with Crippen molar-refractivity contribution in [3.8, 4) is 0 Å². The molecule has 0 aliphatic heterocycles. The second-order valence-electron chi connectivity index (χ2n) is 4.69. The van der Waals surface area contributed by atoms with Crippen LogP contribution < -0.4 is 11.1 Å². The largest absolute Gasteiger partial charge is 0.397 e. The molecule has 0 saturated heterocycles. The van der Waals surface area contributed by atoms with Crippen molar-refractivity contribution in [2.24, 2.45) is 0 Å². The van der Waals surface area contributed by atoms with E-state index in [1.165, 1.54) is 0 Å². The van der Waals surface area contributed by atoms with Gasteiger partial charge >= 0.3 is 0 Å². The molecule has 0 unspecified atom stereocenters. The van der Waals surface area contributed by atoms with E-state index >= 15 is 0 Å². The lowest BCUT2D eigenvalue weighted by Crippen LogP contribution is -2.12. The van der Waals surface area contributed by atoms with Crippen molar-refractivity contribution in [3.05, 3.63) is 59.0 Å². The Morgan fingerprint density at radius 1 is 1.20 bits per heavy atom. The Kier molecular flexibility index (Phi) is 3.16. The molecular weight excluding hydrogens is 268 g/mol. The Morgan fingerprint density at radius 3 is 2.85 bits per heavy atom. The van der Waals surface area contributed by atoms with Crippen LogP contribution in [-0.2, 0) is 0 Å². The first-order valence-corrected chi connectivity index (χ1v) is 7.17. The number of thiophene rings is 1. The zero-order valence-electron chi connectivity index (χ0n) is 11.0. The monoisotopic (exact) mass is 282 g/mol. The van der Waals surface area contributed by atoms with E-state index in [1.807, 2.05) is 48.7 Å². The summed E-state index contributed by atoms with van der Waals surface area (Å²) in [5.41, 5.74) is 8.87. The van der Waals surface area contributed by atoms with Gasteiger partial charge in [0.25, 0.3) is 5.91 Å². The molecule has 1 amide bonds. The quantitative estimate of drug-likeness (QED) is 0.697. The van der Waals surface area contributed by atoms with Crippen molar-refractivity contribution < 1.29 is 4.79 Å². The Hall–Kier alpha value is -2.33. The molecule has 0 aliphatic rings. The van der Waals surface area contributed by atoms with E-state index in [1.54, 1.807) is 17.4 Å². The summed E-state index contributed by atoms with van der Waals surface area (Å²) in [4.78, 5) is 12.4. The Bertz CT molecular complexity index is 792. The number of amides is 1. The third-order valence-corrected chi connectivity index (χ3v) is 4.15. The van der Waals surface area contributed by atoms with Gasteiger partial charge in [0.2, 0.25) is 0 Å². The number of nitrogens with one attached hydrogen (secondary N) is 1. The minimum Gasteiger partial charge on any atom is -0.397 e. The van der Waals surface area contributed by atoms with Gasteiger partial charge in [-0.25, -0.2) is 0 Å². The fourth-order valence-electron chi connectivity index (χ4n) is 2.12. The Balaban J connectivity index is 1.95. The second-order valence-corrected chi connectivity index (χ2v) is 5.60. The lowest BCUT2D eigenvalue weighted by Gasteiger charge is -2.08. The number of nitrogen functional groups attached to an aromatic ring is 1. The molecule has 20 heavy (non-hydrogen) atoms. The summed E-state index contributed by atoms with van der Waals surface area (Å²) in [7, 11) is 0. The highest BCUT2D eigenvalue weighted by atomic mass is 32.1. The molecule has 3 aromatic rings. The maximum atomic E-state index is 12.4. The summed E-state index contributed by atoms with van der Waals surface area (Å²) in [5.74, 6) is -0.125. The van der Waals surface area contributed by atoms with Crippen LogP contribution in [0.2, 0.25) is 0 Å². The van der Waals surface area contributed by atoms with Gasteiger partial charge in [0.1, 0.15) is 0 Å². The molecular formula is C16H14N2OS. The molecule has 0 radical (unpaired) electrons. The van der Waals surface area contributed by atoms with Crippen LogP contribution in [0.15, 0.2) is 47.8 Å². The van der Waals surface area contributed by atoms with E-state index < -0.39 is 0 Å². The molecule has 0 fully saturated rings. The number of nitrogens with two attached hydrogens (primary N) is 1. The Labute approximate surface area is 121 Å². The minimum atomic E-state index is -0.125. The summed E-state index contributed by atoms with van der Waals surface area (Å²) in [6, 6.07) is 13.5. The number of carbonyl (C=O) groups is 1. The molecule has 4 heteroatoms. The summed E-state index contributed by atoms with van der Waals surface area (Å²) in [6.07, 6.45) is 0. The number of anilines is 2. The van der Waals surface area contributed by atoms with Gasteiger partial charge in [0.05, 0.1) is 16.9 Å². The summed E-state index contributed by atoms with van der Waals surface area (Å²) in [6.45, 7) is 1.97. The van der Waals surface area contributed by atoms with Crippen LogP contribution >= 0.6 is 11.3 Å². The number of fused-ring (bicyclic) bond motifs is 1. The highest BCUT2D eigenvalue weighted by molar-refractivity contribution is 7.17. The maximum Gasteiger partial charge on any atom is 0.257 e. The predicted octanol–water partition coefficient (Wildman–Crippen LogP) is 4.04. The fraction of sp³-hybridized carbons (Fsp3) is 0.0625. The van der Waals surface area contributed by atoms with Crippen LogP contribution in [0.1, 0.15) is 15.9 Å². The van der Waals surface area contributed by atoms with Crippen molar-refractivity contribution in [2.45, 2.75) is 6.92 Å². The van der Waals surface area contributed by atoms with Crippen LogP contribution in [0, 0.1) is 6.92 Å². The first kappa shape index (κ1) is 12.7. The average molecular weight is 282 g/mol. The predicted molar refractivity (Wildman–Crippen MR) is 85.4 cm³/mol. The van der Waals surface area contributed by atoms with Crippen LogP contribution in [0.5, 0.6) is 0 Å². The first-order valence-electron chi connectivity index (χ1n) is 6.29. The molecule has 0 saturated carbocycles. The lowest BCUT2D eigenvalue weighted by molar-refractivity contribution is 0.102. The zero-order valence-corrected chi connectivity index (χ0v) is 11.8. The number of aryl methyl sites for hydroxylation is 1. The summed E-state index contributed by atoms with van der Waals surface area (Å²) < 4.78 is 1.11. The van der Waals surface area contributed by atoms with Crippen LogP contribution in [0.4, 0.5) is 11.4 Å². The van der Waals surface area contributed by atoms with E-state index in [-0.39, 0.29) is 5.91 Å². The van der Waals surface area contributed by atoms with E-state index in [2.05, 4.69) is 5.32 Å². The number of hydrogen-bond donors (Lipinski definition) is 2. The van der Waals surface area contributed by atoms with E-state index in [9.17, 15) is 4.79 Å². The molecule has 100 valence electrons. The van der Waals surface area contributed by atoms with Gasteiger partial charge in [0, 0.05) is 15.5 Å². The second kappa shape index (κ2) is 4.98. The lowest BCUT2D eigenvalue weighted by atomic mass is 10.1. The van der Waals surface area contributed by atoms with Gasteiger partial charge in [0.15, 0.2) is 0 Å². The molecule has 3 nitrogen and oxygen atoms in total. The van der Waals surface area contributed by atoms with E-state index in [0.29, 0.717) is 16.9 Å². The maximum absolute atomic E-state index is 12.4. The Morgan fingerprint density at radius 2 is 2.00 bits per heavy atom. The molecule has 0 bridgehead atoms. The topological polar surface area (TPSA) is 55.1 Å². The molecule has 0 aliphatic carbocycles. The van der Waals surface area contributed by atoms with E-state index in [0.717, 1.165) is 15.6 Å². The number of benzene rings is 2.